The van der Waals surface area contributed by atoms with Crippen molar-refractivity contribution in [3.63, 3.8) is 0 Å². The molecule has 0 aliphatic carbocycles. The van der Waals surface area contributed by atoms with E-state index in [0.717, 1.165) is 14.9 Å². The zero-order chi connectivity index (χ0) is 15.1. The fourth-order valence-electron chi connectivity index (χ4n) is 2.57. The summed E-state index contributed by atoms with van der Waals surface area (Å²) in [6, 6.07) is 14.2. The van der Waals surface area contributed by atoms with Crippen LogP contribution in [0.2, 0.25) is 0 Å². The molecule has 0 aliphatic rings. The summed E-state index contributed by atoms with van der Waals surface area (Å²) in [6.07, 6.45) is 1.49. The minimum Gasteiger partial charge on any atom is -0.294 e. The second kappa shape index (κ2) is 5.03. The summed E-state index contributed by atoms with van der Waals surface area (Å²) >= 11 is 1.50. The van der Waals surface area contributed by atoms with Crippen molar-refractivity contribution in [2.45, 2.75) is 6.54 Å². The van der Waals surface area contributed by atoms with E-state index in [1.807, 2.05) is 24.3 Å². The van der Waals surface area contributed by atoms with E-state index in [0.29, 0.717) is 10.9 Å². The maximum atomic E-state index is 13.8. The smallest absolute Gasteiger partial charge is 0.263 e. The Balaban J connectivity index is 1.93. The monoisotopic (exact) mass is 310 g/mol. The highest BCUT2D eigenvalue weighted by atomic mass is 32.1. The molecular formula is C17H11FN2OS. The van der Waals surface area contributed by atoms with Gasteiger partial charge in [-0.2, -0.15) is 0 Å². The molecule has 0 amide bonds. The van der Waals surface area contributed by atoms with Gasteiger partial charge < -0.3 is 0 Å². The molecule has 0 unspecified atom stereocenters. The Labute approximate surface area is 129 Å². The highest BCUT2D eigenvalue weighted by Gasteiger charge is 2.12. The van der Waals surface area contributed by atoms with E-state index < -0.39 is 0 Å². The van der Waals surface area contributed by atoms with E-state index in [9.17, 15) is 9.18 Å². The lowest BCUT2D eigenvalue weighted by Gasteiger charge is -2.06. The molecule has 0 bridgehead atoms. The van der Waals surface area contributed by atoms with Crippen LogP contribution in [0.1, 0.15) is 5.56 Å². The number of rotatable bonds is 2. The van der Waals surface area contributed by atoms with Gasteiger partial charge in [-0.25, -0.2) is 9.37 Å². The number of benzene rings is 2. The molecular weight excluding hydrogens is 299 g/mol. The average molecular weight is 310 g/mol. The first-order valence-corrected chi connectivity index (χ1v) is 7.66. The first-order chi connectivity index (χ1) is 10.7. The van der Waals surface area contributed by atoms with E-state index in [-0.39, 0.29) is 17.9 Å². The maximum Gasteiger partial charge on any atom is 0.263 e. The molecule has 5 heteroatoms. The number of thiophene rings is 1. The molecule has 0 N–H and O–H groups in total. The first-order valence-electron chi connectivity index (χ1n) is 6.84. The molecule has 2 heterocycles. The molecule has 0 saturated carbocycles. The van der Waals surface area contributed by atoms with Gasteiger partial charge in [0.15, 0.2) is 0 Å². The Kier molecular flexibility index (Phi) is 3.01. The van der Waals surface area contributed by atoms with Gasteiger partial charge in [-0.05, 0) is 12.1 Å². The van der Waals surface area contributed by atoms with Gasteiger partial charge >= 0.3 is 0 Å². The van der Waals surface area contributed by atoms with E-state index in [4.69, 9.17) is 0 Å². The minimum absolute atomic E-state index is 0.134. The van der Waals surface area contributed by atoms with Gasteiger partial charge in [0.1, 0.15) is 10.6 Å². The molecule has 22 heavy (non-hydrogen) atoms. The van der Waals surface area contributed by atoms with Crippen molar-refractivity contribution in [1.29, 1.82) is 0 Å². The highest BCUT2D eigenvalue weighted by Crippen LogP contribution is 2.29. The molecule has 0 spiro atoms. The largest absolute Gasteiger partial charge is 0.294 e. The Morgan fingerprint density at radius 1 is 1.09 bits per heavy atom. The first kappa shape index (κ1) is 13.2. The second-order valence-corrected chi connectivity index (χ2v) is 6.08. The zero-order valence-corrected chi connectivity index (χ0v) is 12.3. The van der Waals surface area contributed by atoms with Crippen molar-refractivity contribution in [2.24, 2.45) is 0 Å². The molecule has 108 valence electrons. The second-order valence-electron chi connectivity index (χ2n) is 5.05. The van der Waals surface area contributed by atoms with Crippen LogP contribution in [0.3, 0.4) is 0 Å². The molecule has 0 radical (unpaired) electrons. The van der Waals surface area contributed by atoms with Crippen LogP contribution in [0.15, 0.2) is 59.7 Å². The predicted octanol–water partition coefficient (Wildman–Crippen LogP) is 3.80. The molecule has 0 saturated heterocycles. The van der Waals surface area contributed by atoms with E-state index in [1.165, 1.54) is 28.3 Å². The highest BCUT2D eigenvalue weighted by molar-refractivity contribution is 7.25. The van der Waals surface area contributed by atoms with Crippen LogP contribution < -0.4 is 5.56 Å². The summed E-state index contributed by atoms with van der Waals surface area (Å²) in [7, 11) is 0. The van der Waals surface area contributed by atoms with Crippen LogP contribution in [0.4, 0.5) is 4.39 Å². The lowest BCUT2D eigenvalue weighted by molar-refractivity contribution is 0.595. The topological polar surface area (TPSA) is 34.9 Å². The van der Waals surface area contributed by atoms with Crippen molar-refractivity contribution in [1.82, 2.24) is 9.55 Å². The molecule has 4 rings (SSSR count). The molecule has 4 aromatic rings. The zero-order valence-electron chi connectivity index (χ0n) is 11.5. The summed E-state index contributed by atoms with van der Waals surface area (Å²) in [5, 5.41) is 1.52. The van der Waals surface area contributed by atoms with Crippen molar-refractivity contribution < 1.29 is 4.39 Å². The Morgan fingerprint density at radius 3 is 2.73 bits per heavy atom. The normalized spacial score (nSPS) is 11.3. The van der Waals surface area contributed by atoms with Crippen LogP contribution in [-0.4, -0.2) is 9.55 Å². The SMILES string of the molecule is O=c1c2c(ncn1Cc1ccccc1F)sc1ccccc12. The lowest BCUT2D eigenvalue weighted by Crippen LogP contribution is -2.21. The standard InChI is InChI=1S/C17H11FN2OS/c18-13-7-3-1-5-11(13)9-20-10-19-16-15(17(20)21)12-6-2-4-8-14(12)22-16/h1-8,10H,9H2. The summed E-state index contributed by atoms with van der Waals surface area (Å²) < 4.78 is 16.3. The number of aromatic nitrogens is 2. The number of hydrogen-bond donors (Lipinski definition) is 0. The number of hydrogen-bond acceptors (Lipinski definition) is 3. The molecule has 2 aromatic carbocycles. The van der Waals surface area contributed by atoms with E-state index in [1.54, 1.807) is 18.2 Å². The van der Waals surface area contributed by atoms with Gasteiger partial charge in [0, 0.05) is 15.6 Å². The lowest BCUT2D eigenvalue weighted by atomic mass is 10.2. The van der Waals surface area contributed by atoms with Crippen molar-refractivity contribution >= 4 is 31.6 Å². The van der Waals surface area contributed by atoms with Crippen LogP contribution in [0.5, 0.6) is 0 Å². The van der Waals surface area contributed by atoms with Gasteiger partial charge in [0.05, 0.1) is 18.3 Å². The van der Waals surface area contributed by atoms with Gasteiger partial charge in [0.25, 0.3) is 5.56 Å². The summed E-state index contributed by atoms with van der Waals surface area (Å²) in [4.78, 5) is 17.8. The number of nitrogens with zero attached hydrogens (tertiary/aromatic N) is 2. The Morgan fingerprint density at radius 2 is 1.86 bits per heavy atom. The summed E-state index contributed by atoms with van der Waals surface area (Å²) in [5.74, 6) is -0.315. The van der Waals surface area contributed by atoms with Crippen molar-refractivity contribution in [3.8, 4) is 0 Å². The van der Waals surface area contributed by atoms with E-state index >= 15 is 0 Å². The molecule has 2 aromatic heterocycles. The molecule has 3 nitrogen and oxygen atoms in total. The van der Waals surface area contributed by atoms with Crippen LogP contribution in [-0.2, 0) is 6.54 Å². The third-order valence-electron chi connectivity index (χ3n) is 3.66. The van der Waals surface area contributed by atoms with Crippen LogP contribution in [0.25, 0.3) is 20.3 Å². The van der Waals surface area contributed by atoms with Crippen molar-refractivity contribution in [2.75, 3.05) is 0 Å². The Hall–Kier alpha value is -2.53. The van der Waals surface area contributed by atoms with Gasteiger partial charge in [-0.15, -0.1) is 11.3 Å². The number of halogens is 1. The molecule has 0 aliphatic heterocycles. The van der Waals surface area contributed by atoms with Gasteiger partial charge in [-0.3, -0.25) is 9.36 Å². The molecule has 0 fully saturated rings. The number of fused-ring (bicyclic) bond motifs is 3. The molecule has 0 atom stereocenters. The fourth-order valence-corrected chi connectivity index (χ4v) is 3.61. The predicted molar refractivity (Wildman–Crippen MR) is 86.9 cm³/mol. The summed E-state index contributed by atoms with van der Waals surface area (Å²) in [5.41, 5.74) is 0.344. The minimum atomic E-state index is -0.315. The third kappa shape index (κ3) is 2.02. The van der Waals surface area contributed by atoms with Crippen LogP contribution >= 0.6 is 11.3 Å². The van der Waals surface area contributed by atoms with Crippen molar-refractivity contribution in [3.05, 3.63) is 76.6 Å². The quantitative estimate of drug-likeness (QED) is 0.564. The summed E-state index contributed by atoms with van der Waals surface area (Å²) in [6.45, 7) is 0.179. The third-order valence-corrected chi connectivity index (χ3v) is 4.74. The Bertz CT molecular complexity index is 1050. The van der Waals surface area contributed by atoms with Gasteiger partial charge in [0.2, 0.25) is 0 Å². The average Bonchev–Trinajstić information content (AvgIpc) is 2.91. The van der Waals surface area contributed by atoms with Crippen LogP contribution in [0, 0.1) is 5.82 Å². The fraction of sp³-hybridized carbons (Fsp3) is 0.0588. The van der Waals surface area contributed by atoms with E-state index in [2.05, 4.69) is 4.98 Å². The maximum absolute atomic E-state index is 13.8. The van der Waals surface area contributed by atoms with Gasteiger partial charge in [-0.1, -0.05) is 36.4 Å².